The first kappa shape index (κ1) is 15.3. The predicted molar refractivity (Wildman–Crippen MR) is 71.2 cm³/mol. The Bertz CT molecular complexity index is 386. The summed E-state index contributed by atoms with van der Waals surface area (Å²) in [6.45, 7) is 6.28. The van der Waals surface area contributed by atoms with Crippen LogP contribution >= 0.6 is 0 Å². The van der Waals surface area contributed by atoms with Crippen molar-refractivity contribution in [1.82, 2.24) is 5.32 Å². The average molecular weight is 285 g/mol. The van der Waals surface area contributed by atoms with Gasteiger partial charge in [0.1, 0.15) is 0 Å². The van der Waals surface area contributed by atoms with E-state index in [4.69, 9.17) is 14.6 Å². The van der Waals surface area contributed by atoms with E-state index in [1.165, 1.54) is 0 Å². The van der Waals surface area contributed by atoms with Gasteiger partial charge in [0.15, 0.2) is 6.10 Å². The van der Waals surface area contributed by atoms with Crippen LogP contribution in [-0.4, -0.2) is 47.9 Å². The summed E-state index contributed by atoms with van der Waals surface area (Å²) in [5.41, 5.74) is 0. The molecule has 0 spiro atoms. The number of amides is 1. The van der Waals surface area contributed by atoms with E-state index in [-0.39, 0.29) is 36.1 Å². The molecule has 0 aromatic carbocycles. The molecule has 0 aromatic rings. The number of aliphatic carboxylic acids is 1. The van der Waals surface area contributed by atoms with Gasteiger partial charge in [-0.1, -0.05) is 6.92 Å². The number of ether oxygens (including phenoxy) is 2. The molecule has 6 heteroatoms. The van der Waals surface area contributed by atoms with Crippen LogP contribution in [0.25, 0.3) is 0 Å². The fraction of sp³-hybridized carbons (Fsp3) is 0.857. The molecule has 0 radical (unpaired) electrons. The van der Waals surface area contributed by atoms with Crippen LogP contribution < -0.4 is 5.32 Å². The number of hydrogen-bond acceptors (Lipinski definition) is 4. The van der Waals surface area contributed by atoms with Crippen molar-refractivity contribution in [2.75, 3.05) is 6.54 Å². The van der Waals surface area contributed by atoms with E-state index in [1.54, 1.807) is 0 Å². The Morgan fingerprint density at radius 1 is 1.15 bits per heavy atom. The number of carboxylic acid groups (broad SMARTS) is 1. The van der Waals surface area contributed by atoms with Gasteiger partial charge < -0.3 is 19.9 Å². The third-order valence-electron chi connectivity index (χ3n) is 4.43. The van der Waals surface area contributed by atoms with Crippen LogP contribution in [-0.2, 0) is 19.1 Å². The monoisotopic (exact) mass is 285 g/mol. The van der Waals surface area contributed by atoms with Crippen LogP contribution in [0.5, 0.6) is 0 Å². The lowest BCUT2D eigenvalue weighted by atomic mass is 9.89. The topological polar surface area (TPSA) is 84.9 Å². The molecule has 2 aliphatic heterocycles. The highest BCUT2D eigenvalue weighted by Crippen LogP contribution is 2.32. The summed E-state index contributed by atoms with van der Waals surface area (Å²) in [5.74, 6) is -0.932. The molecule has 2 aliphatic rings. The summed E-state index contributed by atoms with van der Waals surface area (Å²) in [7, 11) is 0. The van der Waals surface area contributed by atoms with Crippen LogP contribution in [0.4, 0.5) is 0 Å². The van der Waals surface area contributed by atoms with Gasteiger partial charge in [-0.3, -0.25) is 4.79 Å². The van der Waals surface area contributed by atoms with Crippen LogP contribution in [0.3, 0.4) is 0 Å². The zero-order valence-corrected chi connectivity index (χ0v) is 12.2. The first-order valence-electron chi connectivity index (χ1n) is 7.21. The maximum absolute atomic E-state index is 12.2. The quantitative estimate of drug-likeness (QED) is 0.798. The molecule has 1 amide bonds. The normalized spacial score (nSPS) is 40.8. The predicted octanol–water partition coefficient (Wildman–Crippen LogP) is 0.794. The molecule has 114 valence electrons. The fourth-order valence-electron chi connectivity index (χ4n) is 3.09. The summed E-state index contributed by atoms with van der Waals surface area (Å²) in [4.78, 5) is 23.0. The van der Waals surface area contributed by atoms with Gasteiger partial charge in [0.25, 0.3) is 0 Å². The van der Waals surface area contributed by atoms with Crippen molar-refractivity contribution < 1.29 is 24.2 Å². The zero-order chi connectivity index (χ0) is 14.9. The maximum Gasteiger partial charge on any atom is 0.332 e. The molecule has 2 saturated heterocycles. The third kappa shape index (κ3) is 3.12. The highest BCUT2D eigenvalue weighted by Gasteiger charge is 2.41. The number of carboxylic acids is 1. The number of carbonyl (C=O) groups excluding carboxylic acids is 1. The molecule has 2 fully saturated rings. The van der Waals surface area contributed by atoms with Crippen LogP contribution in [0.1, 0.15) is 33.6 Å². The SMILES string of the molecule is CC1OC(C)C(C(=O)NCC2CCC(C(=O)O)O2)C1C. The molecular formula is C14H23NO5. The number of hydrogen-bond donors (Lipinski definition) is 2. The van der Waals surface area contributed by atoms with E-state index in [0.717, 1.165) is 0 Å². The Kier molecular flexibility index (Phi) is 4.65. The van der Waals surface area contributed by atoms with Gasteiger partial charge >= 0.3 is 5.97 Å². The molecule has 2 heterocycles. The summed E-state index contributed by atoms with van der Waals surface area (Å²) >= 11 is 0. The van der Waals surface area contributed by atoms with E-state index >= 15 is 0 Å². The summed E-state index contributed by atoms with van der Waals surface area (Å²) in [6.07, 6.45) is 0.234. The molecule has 0 saturated carbocycles. The van der Waals surface area contributed by atoms with Gasteiger partial charge in [-0.15, -0.1) is 0 Å². The lowest BCUT2D eigenvalue weighted by Gasteiger charge is -2.19. The molecule has 0 aromatic heterocycles. The summed E-state index contributed by atoms with van der Waals surface area (Å²) < 4.78 is 11.0. The summed E-state index contributed by atoms with van der Waals surface area (Å²) in [5, 5.41) is 11.7. The number of rotatable bonds is 4. The molecule has 6 nitrogen and oxygen atoms in total. The molecule has 6 atom stereocenters. The van der Waals surface area contributed by atoms with Gasteiger partial charge in [-0.2, -0.15) is 0 Å². The molecule has 2 N–H and O–H groups in total. The van der Waals surface area contributed by atoms with Crippen molar-refractivity contribution >= 4 is 11.9 Å². The average Bonchev–Trinajstić information content (AvgIpc) is 2.93. The van der Waals surface area contributed by atoms with Crippen molar-refractivity contribution in [1.29, 1.82) is 0 Å². The Labute approximate surface area is 118 Å². The van der Waals surface area contributed by atoms with Crippen molar-refractivity contribution in [3.05, 3.63) is 0 Å². The Hall–Kier alpha value is -1.14. The van der Waals surface area contributed by atoms with Gasteiger partial charge in [0, 0.05) is 6.54 Å². The van der Waals surface area contributed by atoms with Gasteiger partial charge in [0.2, 0.25) is 5.91 Å². The fourth-order valence-corrected chi connectivity index (χ4v) is 3.09. The smallest absolute Gasteiger partial charge is 0.332 e. The van der Waals surface area contributed by atoms with Gasteiger partial charge in [-0.05, 0) is 32.6 Å². The standard InChI is InChI=1S/C14H23NO5/c1-7-8(2)19-9(3)12(7)13(16)15-6-10-4-5-11(20-10)14(17)18/h7-12H,4-6H2,1-3H3,(H,15,16)(H,17,18). The van der Waals surface area contributed by atoms with Crippen molar-refractivity contribution in [2.45, 2.75) is 58.0 Å². The van der Waals surface area contributed by atoms with E-state index in [2.05, 4.69) is 5.32 Å². The van der Waals surface area contributed by atoms with Crippen LogP contribution in [0, 0.1) is 11.8 Å². The molecular weight excluding hydrogens is 262 g/mol. The highest BCUT2D eigenvalue weighted by atomic mass is 16.5. The second-order valence-electron chi connectivity index (χ2n) is 5.84. The zero-order valence-electron chi connectivity index (χ0n) is 12.2. The van der Waals surface area contributed by atoms with Gasteiger partial charge in [0.05, 0.1) is 24.2 Å². The van der Waals surface area contributed by atoms with Gasteiger partial charge in [-0.25, -0.2) is 4.79 Å². The largest absolute Gasteiger partial charge is 0.479 e. The van der Waals surface area contributed by atoms with Crippen LogP contribution in [0.15, 0.2) is 0 Å². The second-order valence-corrected chi connectivity index (χ2v) is 5.84. The molecule has 0 bridgehead atoms. The summed E-state index contributed by atoms with van der Waals surface area (Å²) in [6, 6.07) is 0. The Balaban J connectivity index is 1.80. The third-order valence-corrected chi connectivity index (χ3v) is 4.43. The minimum atomic E-state index is -0.931. The lowest BCUT2D eigenvalue weighted by molar-refractivity contribution is -0.149. The molecule has 2 rings (SSSR count). The lowest BCUT2D eigenvalue weighted by Crippen LogP contribution is -2.41. The Morgan fingerprint density at radius 2 is 1.85 bits per heavy atom. The number of nitrogens with one attached hydrogen (secondary N) is 1. The van der Waals surface area contributed by atoms with Crippen LogP contribution in [0.2, 0.25) is 0 Å². The van der Waals surface area contributed by atoms with Crippen molar-refractivity contribution in [3.63, 3.8) is 0 Å². The first-order valence-corrected chi connectivity index (χ1v) is 7.21. The van der Waals surface area contributed by atoms with E-state index in [9.17, 15) is 9.59 Å². The van der Waals surface area contributed by atoms with E-state index in [0.29, 0.717) is 19.4 Å². The minimum absolute atomic E-state index is 0.0308. The van der Waals surface area contributed by atoms with E-state index in [1.807, 2.05) is 20.8 Å². The van der Waals surface area contributed by atoms with Crippen molar-refractivity contribution in [2.24, 2.45) is 11.8 Å². The molecule has 0 aliphatic carbocycles. The first-order chi connectivity index (χ1) is 9.40. The molecule has 6 unspecified atom stereocenters. The second kappa shape index (κ2) is 6.10. The number of carbonyl (C=O) groups is 2. The molecule has 20 heavy (non-hydrogen) atoms. The highest BCUT2D eigenvalue weighted by molar-refractivity contribution is 5.80. The van der Waals surface area contributed by atoms with Crippen molar-refractivity contribution in [3.8, 4) is 0 Å². The minimum Gasteiger partial charge on any atom is -0.479 e. The Morgan fingerprint density at radius 3 is 2.35 bits per heavy atom. The maximum atomic E-state index is 12.2. The van der Waals surface area contributed by atoms with E-state index < -0.39 is 12.1 Å².